The predicted molar refractivity (Wildman–Crippen MR) is 144 cm³/mol. The lowest BCUT2D eigenvalue weighted by Crippen LogP contribution is -2.29. The van der Waals surface area contributed by atoms with E-state index in [9.17, 15) is 9.90 Å². The molecule has 2 aromatic rings. The zero-order valence-corrected chi connectivity index (χ0v) is 21.2. The lowest BCUT2D eigenvalue weighted by molar-refractivity contribution is -0.141. The minimum atomic E-state index is -0.274. The Kier molecular flexibility index (Phi) is 8.62. The smallest absolute Gasteiger partial charge is 0.302 e. The van der Waals surface area contributed by atoms with Crippen LogP contribution in [0.4, 0.5) is 0 Å². The number of allylic oxidation sites excluding steroid dienone is 3. The molecule has 0 aromatic heterocycles. The van der Waals surface area contributed by atoms with Crippen molar-refractivity contribution >= 4 is 17.1 Å². The Morgan fingerprint density at radius 3 is 2.29 bits per heavy atom. The van der Waals surface area contributed by atoms with Crippen LogP contribution in [0.3, 0.4) is 0 Å². The molecular weight excluding hydrogens is 432 g/mol. The molecule has 1 saturated carbocycles. The normalized spacial score (nSPS) is 23.4. The average molecular weight is 473 g/mol. The number of carbonyl (C=O) groups is 1. The fourth-order valence-corrected chi connectivity index (χ4v) is 6.47. The minimum absolute atomic E-state index is 0.186. The van der Waals surface area contributed by atoms with E-state index in [1.807, 2.05) is 0 Å². The summed E-state index contributed by atoms with van der Waals surface area (Å²) in [6.07, 6.45) is 10.4. The second kappa shape index (κ2) is 11.9. The number of hydrogen-bond donors (Lipinski definition) is 1. The van der Waals surface area contributed by atoms with Gasteiger partial charge in [0.15, 0.2) is 0 Å². The monoisotopic (exact) mass is 472 g/mol. The maximum atomic E-state index is 11.1. The molecule has 0 spiro atoms. The summed E-state index contributed by atoms with van der Waals surface area (Å²) in [5.74, 6) is 0.0216. The molecule has 2 aliphatic rings. The van der Waals surface area contributed by atoms with Crippen LogP contribution >= 0.6 is 0 Å². The Bertz CT molecular complexity index is 1020. The van der Waals surface area contributed by atoms with Gasteiger partial charge in [-0.1, -0.05) is 98.5 Å². The molecule has 35 heavy (non-hydrogen) atoms. The summed E-state index contributed by atoms with van der Waals surface area (Å²) in [5.41, 5.74) is 6.42. The van der Waals surface area contributed by atoms with Crippen molar-refractivity contribution in [1.82, 2.24) is 0 Å². The number of benzene rings is 2. The van der Waals surface area contributed by atoms with Gasteiger partial charge in [-0.15, -0.1) is 0 Å². The van der Waals surface area contributed by atoms with Crippen LogP contribution in [0.25, 0.3) is 11.1 Å². The third-order valence-electron chi connectivity index (χ3n) is 8.10. The molecule has 3 nitrogen and oxygen atoms in total. The summed E-state index contributed by atoms with van der Waals surface area (Å²) in [4.78, 5) is 10.9. The van der Waals surface area contributed by atoms with Gasteiger partial charge in [0, 0.05) is 18.3 Å². The minimum Gasteiger partial charge on any atom is -0.466 e. The van der Waals surface area contributed by atoms with E-state index in [2.05, 4.69) is 67.2 Å². The first-order valence-electron chi connectivity index (χ1n) is 13.4. The molecule has 2 aliphatic carbocycles. The summed E-state index contributed by atoms with van der Waals surface area (Å²) in [6.45, 7) is 6.67. The Morgan fingerprint density at radius 2 is 1.60 bits per heavy atom. The van der Waals surface area contributed by atoms with Crippen LogP contribution in [0.5, 0.6) is 0 Å². The number of fused-ring (bicyclic) bond motifs is 1. The lowest BCUT2D eigenvalue weighted by atomic mass is 9.66. The third-order valence-corrected chi connectivity index (χ3v) is 8.10. The number of rotatable bonds is 12. The zero-order valence-electron chi connectivity index (χ0n) is 21.2. The van der Waals surface area contributed by atoms with E-state index in [0.717, 1.165) is 38.5 Å². The van der Waals surface area contributed by atoms with E-state index in [4.69, 9.17) is 4.74 Å². The lowest BCUT2D eigenvalue weighted by Gasteiger charge is -2.37. The van der Waals surface area contributed by atoms with Gasteiger partial charge in [0.1, 0.15) is 0 Å². The summed E-state index contributed by atoms with van der Waals surface area (Å²) in [6, 6.07) is 21.4. The van der Waals surface area contributed by atoms with Crippen LogP contribution in [0.15, 0.2) is 72.8 Å². The van der Waals surface area contributed by atoms with Gasteiger partial charge in [0.2, 0.25) is 0 Å². The van der Waals surface area contributed by atoms with Crippen molar-refractivity contribution in [3.63, 3.8) is 0 Å². The largest absolute Gasteiger partial charge is 0.466 e. The standard InChI is InChI=1S/C32H40O3/c1-24(26-15-10-7-11-16-26)32-21-20-30(34)29(32)23-28(31(32)27-17-12-8-13-18-27)19-9-5-3-4-6-14-22-35-25(2)33/h7-8,10-13,15-18,29-30,34H,1,3-6,9,14,19-23H2,2H3/t29?,30-,32+/m1/s1. The molecule has 0 radical (unpaired) electrons. The number of esters is 1. The molecule has 1 fully saturated rings. The average Bonchev–Trinajstić information content (AvgIpc) is 3.38. The maximum Gasteiger partial charge on any atom is 0.302 e. The summed E-state index contributed by atoms with van der Waals surface area (Å²) in [7, 11) is 0. The summed E-state index contributed by atoms with van der Waals surface area (Å²) < 4.78 is 5.02. The SMILES string of the molecule is C=C(c1ccccc1)[C@@]12CC[C@@H](O)C1CC(CCCCCCCCOC(C)=O)=C2c1ccccc1. The highest BCUT2D eigenvalue weighted by molar-refractivity contribution is 5.90. The van der Waals surface area contributed by atoms with Crippen LogP contribution < -0.4 is 0 Å². The Balaban J connectivity index is 1.50. The van der Waals surface area contributed by atoms with E-state index in [0.29, 0.717) is 6.61 Å². The zero-order chi connectivity index (χ0) is 24.7. The molecule has 3 atom stereocenters. The third kappa shape index (κ3) is 5.62. The second-order valence-electron chi connectivity index (χ2n) is 10.3. The maximum absolute atomic E-state index is 11.1. The van der Waals surface area contributed by atoms with E-state index < -0.39 is 0 Å². The molecule has 0 amide bonds. The van der Waals surface area contributed by atoms with Crippen molar-refractivity contribution in [2.45, 2.75) is 77.2 Å². The quantitative estimate of drug-likeness (QED) is 0.255. The Labute approximate surface area is 210 Å². The van der Waals surface area contributed by atoms with E-state index in [-0.39, 0.29) is 23.4 Å². The fraction of sp³-hybridized carbons (Fsp3) is 0.469. The van der Waals surface area contributed by atoms with Crippen LogP contribution in [-0.2, 0) is 9.53 Å². The van der Waals surface area contributed by atoms with Crippen molar-refractivity contribution in [3.8, 4) is 0 Å². The van der Waals surface area contributed by atoms with Crippen molar-refractivity contribution in [1.29, 1.82) is 0 Å². The Morgan fingerprint density at radius 1 is 0.971 bits per heavy atom. The fourth-order valence-electron chi connectivity index (χ4n) is 6.47. The second-order valence-corrected chi connectivity index (χ2v) is 10.3. The Hall–Kier alpha value is -2.65. The highest BCUT2D eigenvalue weighted by Crippen LogP contribution is 2.66. The van der Waals surface area contributed by atoms with Gasteiger partial charge in [0.25, 0.3) is 0 Å². The number of ether oxygens (including phenoxy) is 1. The summed E-state index contributed by atoms with van der Waals surface area (Å²) >= 11 is 0. The van der Waals surface area contributed by atoms with Gasteiger partial charge < -0.3 is 9.84 Å². The van der Waals surface area contributed by atoms with Gasteiger partial charge in [-0.25, -0.2) is 0 Å². The van der Waals surface area contributed by atoms with Crippen LogP contribution in [0.1, 0.15) is 82.3 Å². The first-order valence-corrected chi connectivity index (χ1v) is 13.4. The molecule has 0 heterocycles. The van der Waals surface area contributed by atoms with Gasteiger partial charge in [-0.3, -0.25) is 4.79 Å². The van der Waals surface area contributed by atoms with Crippen molar-refractivity contribution < 1.29 is 14.6 Å². The van der Waals surface area contributed by atoms with Crippen LogP contribution in [-0.4, -0.2) is 23.8 Å². The summed E-state index contributed by atoms with van der Waals surface area (Å²) in [5, 5.41) is 11.1. The van der Waals surface area contributed by atoms with Gasteiger partial charge in [0.05, 0.1) is 12.7 Å². The first kappa shape index (κ1) is 25.4. The number of aliphatic hydroxyl groups excluding tert-OH is 1. The molecule has 0 bridgehead atoms. The first-order chi connectivity index (χ1) is 17.0. The predicted octanol–water partition coefficient (Wildman–Crippen LogP) is 7.61. The molecule has 0 aliphatic heterocycles. The van der Waals surface area contributed by atoms with Gasteiger partial charge >= 0.3 is 5.97 Å². The molecule has 4 rings (SSSR count). The molecule has 1 N–H and O–H groups in total. The van der Waals surface area contributed by atoms with Crippen LogP contribution in [0, 0.1) is 11.3 Å². The number of carbonyl (C=O) groups excluding carboxylic acids is 1. The van der Waals surface area contributed by atoms with E-state index in [1.54, 1.807) is 0 Å². The van der Waals surface area contributed by atoms with Crippen molar-refractivity contribution in [2.75, 3.05) is 6.61 Å². The molecule has 1 unspecified atom stereocenters. The van der Waals surface area contributed by atoms with Crippen molar-refractivity contribution in [2.24, 2.45) is 11.3 Å². The molecule has 186 valence electrons. The van der Waals surface area contributed by atoms with E-state index in [1.165, 1.54) is 60.5 Å². The van der Waals surface area contributed by atoms with Gasteiger partial charge in [-0.05, 0) is 60.8 Å². The molecule has 2 aromatic carbocycles. The van der Waals surface area contributed by atoms with E-state index >= 15 is 0 Å². The molecule has 0 saturated heterocycles. The topological polar surface area (TPSA) is 46.5 Å². The molecular formula is C32H40O3. The van der Waals surface area contributed by atoms with Gasteiger partial charge in [-0.2, -0.15) is 0 Å². The van der Waals surface area contributed by atoms with Crippen LogP contribution in [0.2, 0.25) is 0 Å². The number of unbranched alkanes of at least 4 members (excludes halogenated alkanes) is 5. The highest BCUT2D eigenvalue weighted by Gasteiger charge is 2.56. The number of hydrogen-bond acceptors (Lipinski definition) is 3. The highest BCUT2D eigenvalue weighted by atomic mass is 16.5. The molecule has 3 heteroatoms. The number of aliphatic hydroxyl groups is 1. The van der Waals surface area contributed by atoms with Crippen molar-refractivity contribution in [3.05, 3.63) is 83.9 Å².